The predicted molar refractivity (Wildman–Crippen MR) is 111 cm³/mol. The molecule has 6 nitrogen and oxygen atoms in total. The molecular formula is C20H21N3O3S2. The molecule has 1 heterocycles. The molecule has 2 aromatic carbocycles. The number of nitrogens with one attached hydrogen (secondary N) is 2. The highest BCUT2D eigenvalue weighted by atomic mass is 32.2. The fraction of sp³-hybridized carbons (Fsp3) is 0.200. The summed E-state index contributed by atoms with van der Waals surface area (Å²) >= 11 is 1.39. The van der Waals surface area contributed by atoms with Crippen LogP contribution in [0.3, 0.4) is 0 Å². The van der Waals surface area contributed by atoms with Crippen molar-refractivity contribution in [1.29, 1.82) is 0 Å². The monoisotopic (exact) mass is 415 g/mol. The van der Waals surface area contributed by atoms with Crippen molar-refractivity contribution in [3.63, 3.8) is 0 Å². The second kappa shape index (κ2) is 8.64. The Kier molecular flexibility index (Phi) is 6.23. The van der Waals surface area contributed by atoms with Gasteiger partial charge < -0.3 is 5.32 Å². The van der Waals surface area contributed by atoms with Gasteiger partial charge >= 0.3 is 0 Å². The number of hydrogen-bond acceptors (Lipinski definition) is 5. The van der Waals surface area contributed by atoms with Crippen LogP contribution in [0.1, 0.15) is 21.6 Å². The lowest BCUT2D eigenvalue weighted by Gasteiger charge is -2.10. The molecule has 0 bridgehead atoms. The molecule has 28 heavy (non-hydrogen) atoms. The average Bonchev–Trinajstić information content (AvgIpc) is 3.18. The molecule has 0 spiro atoms. The van der Waals surface area contributed by atoms with Crippen molar-refractivity contribution in [2.75, 3.05) is 13.1 Å². The van der Waals surface area contributed by atoms with Gasteiger partial charge in [0.2, 0.25) is 10.0 Å². The summed E-state index contributed by atoms with van der Waals surface area (Å²) in [6.07, 6.45) is 0. The van der Waals surface area contributed by atoms with Gasteiger partial charge in [0.15, 0.2) is 0 Å². The van der Waals surface area contributed by atoms with E-state index in [1.807, 2.05) is 43.3 Å². The number of carbonyl (C=O) groups is 1. The summed E-state index contributed by atoms with van der Waals surface area (Å²) < 4.78 is 27.4. The number of carbonyl (C=O) groups excluding carboxylic acids is 1. The second-order valence-corrected chi connectivity index (χ2v) is 8.92. The zero-order valence-corrected chi connectivity index (χ0v) is 17.2. The minimum absolute atomic E-state index is 0.0944. The number of rotatable bonds is 7. The van der Waals surface area contributed by atoms with Crippen LogP contribution in [0.2, 0.25) is 0 Å². The molecule has 8 heteroatoms. The smallest absolute Gasteiger partial charge is 0.270 e. The van der Waals surface area contributed by atoms with Crippen molar-refractivity contribution in [1.82, 2.24) is 15.0 Å². The molecule has 146 valence electrons. The van der Waals surface area contributed by atoms with Crippen LogP contribution < -0.4 is 10.0 Å². The maximum Gasteiger partial charge on any atom is 0.270 e. The van der Waals surface area contributed by atoms with Crippen LogP contribution in [0.5, 0.6) is 0 Å². The highest BCUT2D eigenvalue weighted by molar-refractivity contribution is 7.89. The van der Waals surface area contributed by atoms with Gasteiger partial charge in [-0.1, -0.05) is 42.5 Å². The van der Waals surface area contributed by atoms with Gasteiger partial charge in [-0.15, -0.1) is 11.3 Å². The fourth-order valence-electron chi connectivity index (χ4n) is 2.62. The molecule has 0 aliphatic heterocycles. The van der Waals surface area contributed by atoms with Crippen LogP contribution in [0, 0.1) is 13.8 Å². The van der Waals surface area contributed by atoms with Gasteiger partial charge in [0, 0.05) is 24.0 Å². The number of thiazole rings is 1. The number of nitrogens with zero attached hydrogens (tertiary/aromatic N) is 1. The van der Waals surface area contributed by atoms with Gasteiger partial charge in [0.05, 0.1) is 4.90 Å². The summed E-state index contributed by atoms with van der Waals surface area (Å²) in [6, 6.07) is 14.9. The first kappa shape index (κ1) is 20.2. The molecule has 0 saturated heterocycles. The summed E-state index contributed by atoms with van der Waals surface area (Å²) in [5, 5.41) is 5.15. The number of hydrogen-bond donors (Lipinski definition) is 2. The number of amides is 1. The molecule has 1 aromatic heterocycles. The Hall–Kier alpha value is -2.55. The van der Waals surface area contributed by atoms with Gasteiger partial charge in [0.25, 0.3) is 5.91 Å². The topological polar surface area (TPSA) is 88.2 Å². The minimum Gasteiger partial charge on any atom is -0.349 e. The van der Waals surface area contributed by atoms with Crippen molar-refractivity contribution >= 4 is 27.3 Å². The van der Waals surface area contributed by atoms with E-state index < -0.39 is 10.0 Å². The number of benzene rings is 2. The molecule has 0 fully saturated rings. The zero-order chi connectivity index (χ0) is 20.1. The Bertz CT molecular complexity index is 1080. The molecule has 0 aliphatic carbocycles. The van der Waals surface area contributed by atoms with Crippen LogP contribution in [-0.4, -0.2) is 32.4 Å². The van der Waals surface area contributed by atoms with Crippen molar-refractivity contribution in [3.8, 4) is 10.6 Å². The van der Waals surface area contributed by atoms with E-state index in [-0.39, 0.29) is 23.9 Å². The lowest BCUT2D eigenvalue weighted by molar-refractivity contribution is 0.0950. The van der Waals surface area contributed by atoms with Gasteiger partial charge in [-0.05, 0) is 31.0 Å². The van der Waals surface area contributed by atoms with E-state index in [2.05, 4.69) is 15.0 Å². The standard InChI is InChI=1S/C20H21N3O3S2/c1-14-8-9-15(2)18(12-14)28(25,26)22-11-10-21-19(24)17-13-27-20(23-17)16-6-4-3-5-7-16/h3-9,12-13,22H,10-11H2,1-2H3,(H,21,24). The minimum atomic E-state index is -3.62. The molecule has 3 aromatic rings. The Morgan fingerprint density at radius 2 is 1.82 bits per heavy atom. The normalized spacial score (nSPS) is 11.4. The van der Waals surface area contributed by atoms with E-state index in [1.54, 1.807) is 24.4 Å². The molecule has 0 unspecified atom stereocenters. The molecule has 0 atom stereocenters. The number of aromatic nitrogens is 1. The first-order chi connectivity index (χ1) is 13.4. The van der Waals surface area contributed by atoms with Gasteiger partial charge in [0.1, 0.15) is 10.7 Å². The molecule has 0 saturated carbocycles. The molecule has 0 aliphatic rings. The molecule has 0 radical (unpaired) electrons. The van der Waals surface area contributed by atoms with E-state index in [0.29, 0.717) is 11.3 Å². The predicted octanol–water partition coefficient (Wildman–Crippen LogP) is 3.14. The highest BCUT2D eigenvalue weighted by Gasteiger charge is 2.17. The summed E-state index contributed by atoms with van der Waals surface area (Å²) in [5.41, 5.74) is 2.82. The Morgan fingerprint density at radius 3 is 2.57 bits per heavy atom. The highest BCUT2D eigenvalue weighted by Crippen LogP contribution is 2.23. The number of aryl methyl sites for hydroxylation is 2. The van der Waals surface area contributed by atoms with Crippen LogP contribution >= 0.6 is 11.3 Å². The van der Waals surface area contributed by atoms with Crippen LogP contribution in [0.15, 0.2) is 58.8 Å². The zero-order valence-electron chi connectivity index (χ0n) is 15.6. The summed E-state index contributed by atoms with van der Waals surface area (Å²) in [5.74, 6) is -0.329. The molecule has 3 rings (SSSR count). The maximum atomic E-state index is 12.4. The maximum absolute atomic E-state index is 12.4. The molecule has 1 amide bonds. The largest absolute Gasteiger partial charge is 0.349 e. The summed E-state index contributed by atoms with van der Waals surface area (Å²) in [4.78, 5) is 16.8. The number of sulfonamides is 1. The molecule has 2 N–H and O–H groups in total. The Labute approximate surface area is 168 Å². The van der Waals surface area contributed by atoms with E-state index in [1.165, 1.54) is 11.3 Å². The van der Waals surface area contributed by atoms with E-state index in [4.69, 9.17) is 0 Å². The summed E-state index contributed by atoms with van der Waals surface area (Å²) in [6.45, 7) is 3.86. The van der Waals surface area contributed by atoms with E-state index in [9.17, 15) is 13.2 Å². The third-order valence-electron chi connectivity index (χ3n) is 4.09. The third kappa shape index (κ3) is 4.83. The van der Waals surface area contributed by atoms with E-state index in [0.717, 1.165) is 16.1 Å². The van der Waals surface area contributed by atoms with Crippen LogP contribution in [0.25, 0.3) is 10.6 Å². The fourth-order valence-corrected chi connectivity index (χ4v) is 4.78. The SMILES string of the molecule is Cc1ccc(C)c(S(=O)(=O)NCCNC(=O)c2csc(-c3ccccc3)n2)c1. The van der Waals surface area contributed by atoms with E-state index >= 15 is 0 Å². The van der Waals surface area contributed by atoms with Crippen LogP contribution in [-0.2, 0) is 10.0 Å². The third-order valence-corrected chi connectivity index (χ3v) is 6.59. The van der Waals surface area contributed by atoms with Crippen molar-refractivity contribution < 1.29 is 13.2 Å². The first-order valence-corrected chi connectivity index (χ1v) is 11.1. The second-order valence-electron chi connectivity index (χ2n) is 6.33. The van der Waals surface area contributed by atoms with Crippen molar-refractivity contribution in [3.05, 3.63) is 70.7 Å². The lowest BCUT2D eigenvalue weighted by atomic mass is 10.2. The van der Waals surface area contributed by atoms with Gasteiger partial charge in [-0.25, -0.2) is 18.1 Å². The molecular weight excluding hydrogens is 394 g/mol. The average molecular weight is 416 g/mol. The van der Waals surface area contributed by atoms with Gasteiger partial charge in [-0.3, -0.25) is 4.79 Å². The van der Waals surface area contributed by atoms with Crippen LogP contribution in [0.4, 0.5) is 0 Å². The van der Waals surface area contributed by atoms with Gasteiger partial charge in [-0.2, -0.15) is 0 Å². The lowest BCUT2D eigenvalue weighted by Crippen LogP contribution is -2.35. The summed E-state index contributed by atoms with van der Waals surface area (Å²) in [7, 11) is -3.62. The Balaban J connectivity index is 1.55. The quantitative estimate of drug-likeness (QED) is 0.580. The first-order valence-electron chi connectivity index (χ1n) is 8.73. The van der Waals surface area contributed by atoms with Crippen molar-refractivity contribution in [2.24, 2.45) is 0 Å². The van der Waals surface area contributed by atoms with Crippen molar-refractivity contribution in [2.45, 2.75) is 18.7 Å². The Morgan fingerprint density at radius 1 is 1.07 bits per heavy atom.